The molecule has 0 bridgehead atoms. The molecule has 4 nitrogen and oxygen atoms in total. The molecule has 1 aromatic carbocycles. The van der Waals surface area contributed by atoms with Crippen molar-refractivity contribution in [2.75, 3.05) is 19.6 Å². The van der Waals surface area contributed by atoms with Crippen molar-refractivity contribution in [3.63, 3.8) is 0 Å². The molecule has 1 aliphatic carbocycles. The fourth-order valence-corrected chi connectivity index (χ4v) is 4.40. The molecule has 27 heavy (non-hydrogen) atoms. The molecule has 4 heteroatoms. The molecule has 1 N–H and O–H groups in total. The highest BCUT2D eigenvalue weighted by molar-refractivity contribution is 5.77. The third-order valence-corrected chi connectivity index (χ3v) is 6.23. The summed E-state index contributed by atoms with van der Waals surface area (Å²) >= 11 is 0. The largest absolute Gasteiger partial charge is 0.356 e. The van der Waals surface area contributed by atoms with E-state index in [0.29, 0.717) is 24.2 Å². The average molecular weight is 371 g/mol. The van der Waals surface area contributed by atoms with E-state index in [-0.39, 0.29) is 5.91 Å². The number of nitrogens with one attached hydrogen (secondary N) is 1. The van der Waals surface area contributed by atoms with Crippen molar-refractivity contribution in [1.82, 2.24) is 10.2 Å². The zero-order valence-electron chi connectivity index (χ0n) is 16.5. The van der Waals surface area contributed by atoms with Gasteiger partial charge in [0, 0.05) is 32.5 Å². The van der Waals surface area contributed by atoms with Crippen molar-refractivity contribution >= 4 is 11.8 Å². The van der Waals surface area contributed by atoms with Gasteiger partial charge in [0.2, 0.25) is 11.8 Å². The van der Waals surface area contributed by atoms with E-state index in [1.807, 2.05) is 18.2 Å². The number of rotatable bonds is 7. The van der Waals surface area contributed by atoms with E-state index in [0.717, 1.165) is 45.3 Å². The molecule has 1 saturated heterocycles. The van der Waals surface area contributed by atoms with Gasteiger partial charge in [-0.1, -0.05) is 49.6 Å². The average Bonchev–Trinajstić information content (AvgIpc) is 2.72. The number of hydrogen-bond acceptors (Lipinski definition) is 2. The summed E-state index contributed by atoms with van der Waals surface area (Å²) in [4.78, 5) is 26.7. The predicted octanol–water partition coefficient (Wildman–Crippen LogP) is 3.94. The van der Waals surface area contributed by atoms with E-state index in [4.69, 9.17) is 0 Å². The van der Waals surface area contributed by atoms with Gasteiger partial charge in [0.1, 0.15) is 0 Å². The Bertz CT molecular complexity index is 588. The molecule has 1 saturated carbocycles. The smallest absolute Gasteiger partial charge is 0.222 e. The molecule has 3 rings (SSSR count). The number of benzene rings is 1. The van der Waals surface area contributed by atoms with Gasteiger partial charge in [-0.3, -0.25) is 9.59 Å². The molecule has 0 radical (unpaired) electrons. The number of amides is 2. The summed E-state index contributed by atoms with van der Waals surface area (Å²) in [6.45, 7) is 2.46. The number of aryl methyl sites for hydroxylation is 1. The lowest BCUT2D eigenvalue weighted by Gasteiger charge is -2.33. The number of likely N-dealkylation sites (tertiary alicyclic amines) is 1. The van der Waals surface area contributed by atoms with Crippen molar-refractivity contribution < 1.29 is 9.59 Å². The Balaban J connectivity index is 1.29. The van der Waals surface area contributed by atoms with Crippen LogP contribution in [0, 0.1) is 11.8 Å². The van der Waals surface area contributed by atoms with Gasteiger partial charge in [0.05, 0.1) is 0 Å². The first-order valence-corrected chi connectivity index (χ1v) is 10.8. The van der Waals surface area contributed by atoms with Gasteiger partial charge in [0.15, 0.2) is 0 Å². The Kier molecular flexibility index (Phi) is 7.73. The third kappa shape index (κ3) is 6.67. The van der Waals surface area contributed by atoms with Gasteiger partial charge in [-0.05, 0) is 49.5 Å². The summed E-state index contributed by atoms with van der Waals surface area (Å²) in [5, 5.41) is 3.09. The lowest BCUT2D eigenvalue weighted by atomic mass is 9.86. The maximum atomic E-state index is 12.5. The van der Waals surface area contributed by atoms with Gasteiger partial charge >= 0.3 is 0 Å². The quantitative estimate of drug-likeness (QED) is 0.790. The molecule has 2 aliphatic rings. The summed E-state index contributed by atoms with van der Waals surface area (Å²) in [5.74, 6) is 1.61. The second-order valence-corrected chi connectivity index (χ2v) is 8.32. The second-order valence-electron chi connectivity index (χ2n) is 8.32. The minimum absolute atomic E-state index is 0.134. The number of hydrogen-bond donors (Lipinski definition) is 1. The lowest BCUT2D eigenvalue weighted by molar-refractivity contribution is -0.134. The summed E-state index contributed by atoms with van der Waals surface area (Å²) in [6, 6.07) is 10.1. The standard InChI is InChI=1S/C23H34N2O2/c26-22(12-11-19-7-3-1-4-8-19)24-18-21-13-15-25(16-14-21)23(27)17-20-9-5-2-6-10-20/h1,3-4,7-8,20-21H,2,5-6,9-18H2,(H,24,26). The van der Waals surface area contributed by atoms with E-state index >= 15 is 0 Å². The van der Waals surface area contributed by atoms with Gasteiger partial charge in [0.25, 0.3) is 0 Å². The van der Waals surface area contributed by atoms with Crippen molar-refractivity contribution in [2.24, 2.45) is 11.8 Å². The topological polar surface area (TPSA) is 49.4 Å². The molecule has 0 spiro atoms. The van der Waals surface area contributed by atoms with Crippen LogP contribution in [0.25, 0.3) is 0 Å². The van der Waals surface area contributed by atoms with E-state index < -0.39 is 0 Å². The highest BCUT2D eigenvalue weighted by Crippen LogP contribution is 2.27. The van der Waals surface area contributed by atoms with Crippen LogP contribution in [0.2, 0.25) is 0 Å². The summed E-state index contributed by atoms with van der Waals surface area (Å²) < 4.78 is 0. The maximum absolute atomic E-state index is 12.5. The van der Waals surface area contributed by atoms with Gasteiger partial charge < -0.3 is 10.2 Å². The maximum Gasteiger partial charge on any atom is 0.222 e. The minimum atomic E-state index is 0.134. The highest BCUT2D eigenvalue weighted by Gasteiger charge is 2.25. The molecule has 0 unspecified atom stereocenters. The normalized spacial score (nSPS) is 19.0. The highest BCUT2D eigenvalue weighted by atomic mass is 16.2. The minimum Gasteiger partial charge on any atom is -0.356 e. The van der Waals surface area contributed by atoms with Gasteiger partial charge in [-0.25, -0.2) is 0 Å². The molecule has 2 fully saturated rings. The summed E-state index contributed by atoms with van der Waals surface area (Å²) in [5.41, 5.74) is 1.21. The SMILES string of the molecule is O=C(CCc1ccccc1)NCC1CCN(C(=O)CC2CCCCC2)CC1. The Hall–Kier alpha value is -1.84. The van der Waals surface area contributed by atoms with Crippen molar-refractivity contribution in [2.45, 2.75) is 64.2 Å². The molecule has 1 aromatic rings. The number of carbonyl (C=O) groups excluding carboxylic acids is 2. The van der Waals surface area contributed by atoms with Crippen LogP contribution in [0.4, 0.5) is 0 Å². The summed E-state index contributed by atoms with van der Waals surface area (Å²) in [6.07, 6.45) is 10.5. The van der Waals surface area contributed by atoms with Crippen LogP contribution in [-0.4, -0.2) is 36.3 Å². The van der Waals surface area contributed by atoms with E-state index in [2.05, 4.69) is 22.3 Å². The van der Waals surface area contributed by atoms with Crippen molar-refractivity contribution in [3.8, 4) is 0 Å². The molecule has 1 heterocycles. The van der Waals surface area contributed by atoms with E-state index in [9.17, 15) is 9.59 Å². The molecular formula is C23H34N2O2. The Labute approximate surface area is 163 Å². The number of piperidine rings is 1. The number of nitrogens with zero attached hydrogens (tertiary/aromatic N) is 1. The van der Waals surface area contributed by atoms with Crippen LogP contribution >= 0.6 is 0 Å². The third-order valence-electron chi connectivity index (χ3n) is 6.23. The molecule has 148 valence electrons. The second kappa shape index (κ2) is 10.5. The first-order chi connectivity index (χ1) is 13.2. The molecular weight excluding hydrogens is 336 g/mol. The van der Waals surface area contributed by atoms with E-state index in [1.54, 1.807) is 0 Å². The molecule has 0 aromatic heterocycles. The first kappa shape index (κ1) is 19.9. The zero-order valence-corrected chi connectivity index (χ0v) is 16.5. The molecule has 0 atom stereocenters. The van der Waals surface area contributed by atoms with Crippen LogP contribution in [-0.2, 0) is 16.0 Å². The Morgan fingerprint density at radius 1 is 0.926 bits per heavy atom. The Morgan fingerprint density at radius 3 is 2.33 bits per heavy atom. The van der Waals surface area contributed by atoms with Crippen LogP contribution in [0.5, 0.6) is 0 Å². The fourth-order valence-electron chi connectivity index (χ4n) is 4.40. The van der Waals surface area contributed by atoms with Crippen molar-refractivity contribution in [1.29, 1.82) is 0 Å². The van der Waals surface area contributed by atoms with Gasteiger partial charge in [-0.2, -0.15) is 0 Å². The lowest BCUT2D eigenvalue weighted by Crippen LogP contribution is -2.42. The first-order valence-electron chi connectivity index (χ1n) is 10.8. The van der Waals surface area contributed by atoms with Crippen LogP contribution in [0.3, 0.4) is 0 Å². The summed E-state index contributed by atoms with van der Waals surface area (Å²) in [7, 11) is 0. The fraction of sp³-hybridized carbons (Fsp3) is 0.652. The van der Waals surface area contributed by atoms with Crippen LogP contribution < -0.4 is 5.32 Å². The molecule has 2 amide bonds. The van der Waals surface area contributed by atoms with Crippen LogP contribution in [0.1, 0.15) is 63.4 Å². The monoisotopic (exact) mass is 370 g/mol. The van der Waals surface area contributed by atoms with Crippen LogP contribution in [0.15, 0.2) is 30.3 Å². The zero-order chi connectivity index (χ0) is 18.9. The Morgan fingerprint density at radius 2 is 1.63 bits per heavy atom. The van der Waals surface area contributed by atoms with Crippen molar-refractivity contribution in [3.05, 3.63) is 35.9 Å². The van der Waals surface area contributed by atoms with E-state index in [1.165, 1.54) is 37.7 Å². The molecule has 1 aliphatic heterocycles. The predicted molar refractivity (Wildman–Crippen MR) is 108 cm³/mol. The number of carbonyl (C=O) groups is 2. The van der Waals surface area contributed by atoms with Gasteiger partial charge in [-0.15, -0.1) is 0 Å².